The lowest BCUT2D eigenvalue weighted by Crippen LogP contribution is -2.30. The van der Waals surface area contributed by atoms with E-state index < -0.39 is 0 Å². The molecule has 1 aromatic heterocycles. The molecule has 1 aromatic rings. The monoisotopic (exact) mass is 265 g/mol. The Labute approximate surface area is 116 Å². The topological polar surface area (TPSA) is 50.1 Å². The summed E-state index contributed by atoms with van der Waals surface area (Å²) in [6.45, 7) is 10.4. The maximum atomic E-state index is 9.87. The molecule has 1 aliphatic carbocycles. The Morgan fingerprint density at radius 3 is 2.68 bits per heavy atom. The molecular weight excluding hydrogens is 238 g/mol. The molecule has 4 heteroatoms. The highest BCUT2D eigenvalue weighted by molar-refractivity contribution is 5.27. The van der Waals surface area contributed by atoms with Crippen molar-refractivity contribution in [3.05, 3.63) is 17.0 Å². The summed E-state index contributed by atoms with van der Waals surface area (Å²) >= 11 is 0. The van der Waals surface area contributed by atoms with Crippen molar-refractivity contribution >= 4 is 0 Å². The predicted octanol–water partition coefficient (Wildman–Crippen LogP) is 2.33. The maximum absolute atomic E-state index is 9.87. The molecule has 1 heterocycles. The number of aliphatic hydroxyl groups excluding tert-OH is 1. The average molecular weight is 265 g/mol. The van der Waals surface area contributed by atoms with Crippen LogP contribution < -0.4 is 5.32 Å². The smallest absolute Gasteiger partial charge is 0.0644 e. The van der Waals surface area contributed by atoms with Crippen molar-refractivity contribution in [3.63, 3.8) is 0 Å². The van der Waals surface area contributed by atoms with Crippen molar-refractivity contribution in [2.24, 2.45) is 5.92 Å². The third-order valence-electron chi connectivity index (χ3n) is 4.48. The highest BCUT2D eigenvalue weighted by atomic mass is 16.3. The number of aromatic nitrogens is 2. The molecule has 19 heavy (non-hydrogen) atoms. The van der Waals surface area contributed by atoms with Crippen LogP contribution in [0.2, 0.25) is 0 Å². The number of hydrogen-bond acceptors (Lipinski definition) is 3. The van der Waals surface area contributed by atoms with Crippen LogP contribution in [0, 0.1) is 19.8 Å². The van der Waals surface area contributed by atoms with Crippen molar-refractivity contribution < 1.29 is 5.11 Å². The molecule has 0 aliphatic heterocycles. The SMILES string of the molecule is CCn1nc(C)c(C(C)NCC2CCCC2O)c1C. The molecule has 0 aromatic carbocycles. The second-order valence-corrected chi connectivity index (χ2v) is 5.79. The Kier molecular flexibility index (Phi) is 4.63. The Morgan fingerprint density at radius 1 is 1.42 bits per heavy atom. The summed E-state index contributed by atoms with van der Waals surface area (Å²) in [6, 6.07) is 0.299. The second kappa shape index (κ2) is 6.06. The van der Waals surface area contributed by atoms with Gasteiger partial charge in [-0.25, -0.2) is 0 Å². The van der Waals surface area contributed by atoms with Crippen molar-refractivity contribution in [1.29, 1.82) is 0 Å². The Bertz CT molecular complexity index is 427. The van der Waals surface area contributed by atoms with Crippen molar-refractivity contribution in [2.75, 3.05) is 6.54 Å². The van der Waals surface area contributed by atoms with Crippen LogP contribution in [-0.4, -0.2) is 27.5 Å². The van der Waals surface area contributed by atoms with Gasteiger partial charge in [-0.3, -0.25) is 4.68 Å². The number of aliphatic hydroxyl groups is 1. The van der Waals surface area contributed by atoms with Gasteiger partial charge in [0.15, 0.2) is 0 Å². The van der Waals surface area contributed by atoms with Gasteiger partial charge in [-0.1, -0.05) is 6.42 Å². The minimum absolute atomic E-state index is 0.111. The summed E-state index contributed by atoms with van der Waals surface area (Å²) in [5, 5.41) is 18.0. The molecule has 1 fully saturated rings. The zero-order valence-electron chi connectivity index (χ0n) is 12.6. The van der Waals surface area contributed by atoms with Crippen LogP contribution in [0.25, 0.3) is 0 Å². The molecule has 2 N–H and O–H groups in total. The predicted molar refractivity (Wildman–Crippen MR) is 77.1 cm³/mol. The average Bonchev–Trinajstić information content (AvgIpc) is 2.90. The fourth-order valence-corrected chi connectivity index (χ4v) is 3.33. The molecule has 3 atom stereocenters. The summed E-state index contributed by atoms with van der Waals surface area (Å²) in [6.07, 6.45) is 3.16. The van der Waals surface area contributed by atoms with Crippen LogP contribution in [0.1, 0.15) is 56.1 Å². The van der Waals surface area contributed by atoms with Gasteiger partial charge in [0.2, 0.25) is 0 Å². The summed E-state index contributed by atoms with van der Waals surface area (Å²) in [7, 11) is 0. The molecule has 3 unspecified atom stereocenters. The van der Waals surface area contributed by atoms with E-state index >= 15 is 0 Å². The van der Waals surface area contributed by atoms with E-state index in [9.17, 15) is 5.11 Å². The van der Waals surface area contributed by atoms with Crippen LogP contribution in [0.15, 0.2) is 0 Å². The quantitative estimate of drug-likeness (QED) is 0.859. The molecule has 2 rings (SSSR count). The first-order valence-corrected chi connectivity index (χ1v) is 7.50. The van der Waals surface area contributed by atoms with E-state index in [2.05, 4.69) is 42.8 Å². The van der Waals surface area contributed by atoms with E-state index in [0.29, 0.717) is 12.0 Å². The van der Waals surface area contributed by atoms with E-state index in [-0.39, 0.29) is 6.10 Å². The normalized spacial score (nSPS) is 24.9. The van der Waals surface area contributed by atoms with Crippen LogP contribution in [-0.2, 0) is 6.54 Å². The third-order valence-corrected chi connectivity index (χ3v) is 4.48. The van der Waals surface area contributed by atoms with E-state index in [1.165, 1.54) is 11.3 Å². The Hall–Kier alpha value is -0.870. The number of aryl methyl sites for hydroxylation is 2. The standard InChI is InChI=1S/C15H27N3O/c1-5-18-12(4)15(11(3)17-18)10(2)16-9-13-7-6-8-14(13)19/h10,13-14,16,19H,5-9H2,1-4H3. The molecule has 1 saturated carbocycles. The van der Waals surface area contributed by atoms with Crippen molar-refractivity contribution in [3.8, 4) is 0 Å². The first-order chi connectivity index (χ1) is 9.04. The highest BCUT2D eigenvalue weighted by Gasteiger charge is 2.26. The van der Waals surface area contributed by atoms with Gasteiger partial charge in [0, 0.05) is 30.4 Å². The van der Waals surface area contributed by atoms with Gasteiger partial charge in [0.1, 0.15) is 0 Å². The van der Waals surface area contributed by atoms with Gasteiger partial charge >= 0.3 is 0 Å². The lowest BCUT2D eigenvalue weighted by atomic mass is 10.0. The fourth-order valence-electron chi connectivity index (χ4n) is 3.33. The number of rotatable bonds is 5. The van der Waals surface area contributed by atoms with E-state index in [1.54, 1.807) is 0 Å². The van der Waals surface area contributed by atoms with Crippen LogP contribution >= 0.6 is 0 Å². The summed E-state index contributed by atoms with van der Waals surface area (Å²) in [4.78, 5) is 0. The molecule has 0 saturated heterocycles. The van der Waals surface area contributed by atoms with E-state index in [1.807, 2.05) is 0 Å². The zero-order chi connectivity index (χ0) is 14.0. The molecule has 1 aliphatic rings. The van der Waals surface area contributed by atoms with Crippen molar-refractivity contribution in [2.45, 2.75) is 65.6 Å². The van der Waals surface area contributed by atoms with Gasteiger partial charge in [-0.05, 0) is 46.5 Å². The number of nitrogens with zero attached hydrogens (tertiary/aromatic N) is 2. The molecule has 4 nitrogen and oxygen atoms in total. The minimum atomic E-state index is -0.111. The summed E-state index contributed by atoms with van der Waals surface area (Å²) in [5.41, 5.74) is 3.69. The fraction of sp³-hybridized carbons (Fsp3) is 0.800. The maximum Gasteiger partial charge on any atom is 0.0644 e. The molecule has 0 spiro atoms. The lowest BCUT2D eigenvalue weighted by Gasteiger charge is -2.20. The molecular formula is C15H27N3O. The summed E-state index contributed by atoms with van der Waals surface area (Å²) < 4.78 is 2.06. The number of hydrogen-bond donors (Lipinski definition) is 2. The van der Waals surface area contributed by atoms with Gasteiger partial charge in [0.05, 0.1) is 11.8 Å². The Morgan fingerprint density at radius 2 is 2.16 bits per heavy atom. The Balaban J connectivity index is 1.99. The van der Waals surface area contributed by atoms with Crippen LogP contribution in [0.3, 0.4) is 0 Å². The van der Waals surface area contributed by atoms with Gasteiger partial charge in [-0.15, -0.1) is 0 Å². The van der Waals surface area contributed by atoms with Crippen LogP contribution in [0.4, 0.5) is 0 Å². The molecule has 0 radical (unpaired) electrons. The zero-order valence-corrected chi connectivity index (χ0v) is 12.6. The number of nitrogens with one attached hydrogen (secondary N) is 1. The van der Waals surface area contributed by atoms with Crippen molar-refractivity contribution in [1.82, 2.24) is 15.1 Å². The first kappa shape index (κ1) is 14.5. The molecule has 0 amide bonds. The third kappa shape index (κ3) is 3.00. The lowest BCUT2D eigenvalue weighted by molar-refractivity contribution is 0.130. The van der Waals surface area contributed by atoms with Gasteiger partial charge < -0.3 is 10.4 Å². The largest absolute Gasteiger partial charge is 0.393 e. The molecule has 0 bridgehead atoms. The second-order valence-electron chi connectivity index (χ2n) is 5.79. The molecule has 108 valence electrons. The van der Waals surface area contributed by atoms with E-state index in [0.717, 1.165) is 38.0 Å². The summed E-state index contributed by atoms with van der Waals surface area (Å²) in [5.74, 6) is 0.421. The first-order valence-electron chi connectivity index (χ1n) is 7.50. The van der Waals surface area contributed by atoms with Crippen LogP contribution in [0.5, 0.6) is 0 Å². The van der Waals surface area contributed by atoms with Gasteiger partial charge in [0.25, 0.3) is 0 Å². The minimum Gasteiger partial charge on any atom is -0.393 e. The van der Waals surface area contributed by atoms with E-state index in [4.69, 9.17) is 0 Å². The highest BCUT2D eigenvalue weighted by Crippen LogP contribution is 2.26. The van der Waals surface area contributed by atoms with Gasteiger partial charge in [-0.2, -0.15) is 5.10 Å².